The summed E-state index contributed by atoms with van der Waals surface area (Å²) in [7, 11) is -3.55. The molecule has 0 aliphatic carbocycles. The van der Waals surface area contributed by atoms with Gasteiger partial charge in [0.05, 0.1) is 4.90 Å². The van der Waals surface area contributed by atoms with Gasteiger partial charge in [-0.1, -0.05) is 43.6 Å². The summed E-state index contributed by atoms with van der Waals surface area (Å²) in [6.45, 7) is 4.74. The zero-order valence-corrected chi connectivity index (χ0v) is 18.2. The van der Waals surface area contributed by atoms with Crippen molar-refractivity contribution in [3.8, 4) is 17.5 Å². The number of halogens is 1. The monoisotopic (exact) mass is 444 g/mol. The number of nitriles is 1. The van der Waals surface area contributed by atoms with E-state index < -0.39 is 10.0 Å². The third-order valence-electron chi connectivity index (χ3n) is 4.57. The first-order chi connectivity index (χ1) is 14.4. The molecule has 0 saturated heterocycles. The number of hydrogen-bond acceptors (Lipinski definition) is 6. The molecule has 0 spiro atoms. The molecule has 7 nitrogen and oxygen atoms in total. The Labute approximate surface area is 181 Å². The fourth-order valence-electron chi connectivity index (χ4n) is 2.94. The minimum Gasteiger partial charge on any atom is -0.419 e. The molecule has 3 aromatic rings. The average molecular weight is 445 g/mol. The summed E-state index contributed by atoms with van der Waals surface area (Å²) < 4.78 is 32.3. The molecule has 0 aliphatic rings. The van der Waals surface area contributed by atoms with Crippen LogP contribution in [0.2, 0.25) is 5.02 Å². The van der Waals surface area contributed by atoms with Gasteiger partial charge in [0.1, 0.15) is 6.07 Å². The Morgan fingerprint density at radius 2 is 1.80 bits per heavy atom. The van der Waals surface area contributed by atoms with Gasteiger partial charge >= 0.3 is 0 Å². The van der Waals surface area contributed by atoms with E-state index in [1.54, 1.807) is 32.0 Å². The molecule has 0 saturated carbocycles. The second-order valence-corrected chi connectivity index (χ2v) is 8.71. The van der Waals surface area contributed by atoms with E-state index in [0.717, 1.165) is 5.56 Å². The Balaban J connectivity index is 1.83. The highest BCUT2D eigenvalue weighted by Gasteiger charge is 2.22. The van der Waals surface area contributed by atoms with Gasteiger partial charge in [0.25, 0.3) is 0 Å². The van der Waals surface area contributed by atoms with E-state index in [4.69, 9.17) is 16.0 Å². The van der Waals surface area contributed by atoms with Crippen molar-refractivity contribution < 1.29 is 12.8 Å². The average Bonchev–Trinajstić information content (AvgIpc) is 3.17. The van der Waals surface area contributed by atoms with E-state index in [2.05, 4.69) is 10.3 Å². The van der Waals surface area contributed by atoms with Crippen molar-refractivity contribution in [3.63, 3.8) is 0 Å². The molecule has 1 N–H and O–H groups in total. The molecule has 9 heteroatoms. The largest absolute Gasteiger partial charge is 0.419 e. The Hall–Kier alpha value is -2.86. The summed E-state index contributed by atoms with van der Waals surface area (Å²) in [4.78, 5) is 4.40. The lowest BCUT2D eigenvalue weighted by atomic mass is 10.2. The zero-order valence-electron chi connectivity index (χ0n) is 16.6. The minimum atomic E-state index is -3.55. The Morgan fingerprint density at radius 3 is 2.40 bits per heavy atom. The molecular formula is C21H21ClN4O3S. The van der Waals surface area contributed by atoms with E-state index >= 15 is 0 Å². The third kappa shape index (κ3) is 4.49. The summed E-state index contributed by atoms with van der Waals surface area (Å²) in [5, 5.41) is 13.0. The lowest BCUT2D eigenvalue weighted by Gasteiger charge is -2.18. The van der Waals surface area contributed by atoms with Gasteiger partial charge in [0.15, 0.2) is 0 Å². The maximum atomic E-state index is 12.6. The molecule has 3 rings (SSSR count). The van der Waals surface area contributed by atoms with Gasteiger partial charge in [0, 0.05) is 30.2 Å². The molecule has 0 unspecified atom stereocenters. The van der Waals surface area contributed by atoms with Crippen molar-refractivity contribution in [2.24, 2.45) is 0 Å². The van der Waals surface area contributed by atoms with Gasteiger partial charge < -0.3 is 9.73 Å². The number of oxazole rings is 1. The van der Waals surface area contributed by atoms with Crippen LogP contribution in [0.4, 0.5) is 5.88 Å². The van der Waals surface area contributed by atoms with Crippen LogP contribution in [0, 0.1) is 11.3 Å². The van der Waals surface area contributed by atoms with E-state index in [0.29, 0.717) is 30.2 Å². The minimum absolute atomic E-state index is 0.108. The molecule has 0 amide bonds. The number of hydrogen-bond donors (Lipinski definition) is 1. The highest BCUT2D eigenvalue weighted by molar-refractivity contribution is 7.89. The number of benzene rings is 2. The smallest absolute Gasteiger partial charge is 0.243 e. The van der Waals surface area contributed by atoms with Gasteiger partial charge in [-0.25, -0.2) is 8.42 Å². The molecule has 1 aromatic heterocycles. The van der Waals surface area contributed by atoms with Crippen LogP contribution in [-0.2, 0) is 16.6 Å². The van der Waals surface area contributed by atoms with Crippen molar-refractivity contribution >= 4 is 27.5 Å². The Morgan fingerprint density at radius 1 is 1.13 bits per heavy atom. The predicted molar refractivity (Wildman–Crippen MR) is 116 cm³/mol. The van der Waals surface area contributed by atoms with Crippen LogP contribution in [0.1, 0.15) is 25.1 Å². The first-order valence-electron chi connectivity index (χ1n) is 9.39. The number of nitrogens with zero attached hydrogens (tertiary/aromatic N) is 3. The first kappa shape index (κ1) is 21.8. The SMILES string of the molecule is CCN(CC)S(=O)(=O)c1ccc(-c2nc(C#N)c(NCc3ccccc3Cl)o2)cc1. The second-order valence-electron chi connectivity index (χ2n) is 6.37. The normalized spacial score (nSPS) is 11.4. The Kier molecular flexibility index (Phi) is 6.77. The van der Waals surface area contributed by atoms with Crippen molar-refractivity contribution in [3.05, 3.63) is 64.8 Å². The van der Waals surface area contributed by atoms with Gasteiger partial charge in [-0.15, -0.1) is 0 Å². The fraction of sp³-hybridized carbons (Fsp3) is 0.238. The van der Waals surface area contributed by atoms with Gasteiger partial charge in [0.2, 0.25) is 27.5 Å². The van der Waals surface area contributed by atoms with Crippen LogP contribution in [0.15, 0.2) is 57.8 Å². The van der Waals surface area contributed by atoms with Crippen LogP contribution in [0.5, 0.6) is 0 Å². The zero-order chi connectivity index (χ0) is 21.7. The molecule has 0 aliphatic heterocycles. The molecule has 30 heavy (non-hydrogen) atoms. The molecule has 2 aromatic carbocycles. The van der Waals surface area contributed by atoms with Crippen molar-refractivity contribution in [2.45, 2.75) is 25.3 Å². The Bertz CT molecular complexity index is 1160. The number of nitrogens with one attached hydrogen (secondary N) is 1. The maximum Gasteiger partial charge on any atom is 0.243 e. The second kappa shape index (κ2) is 9.30. The summed E-state index contributed by atoms with van der Waals surface area (Å²) in [5.74, 6) is 0.451. The molecular weight excluding hydrogens is 424 g/mol. The van der Waals surface area contributed by atoms with Crippen LogP contribution in [0.3, 0.4) is 0 Å². The van der Waals surface area contributed by atoms with Crippen molar-refractivity contribution in [1.29, 1.82) is 5.26 Å². The van der Waals surface area contributed by atoms with Crippen LogP contribution >= 0.6 is 11.6 Å². The molecule has 0 bridgehead atoms. The summed E-state index contributed by atoms with van der Waals surface area (Å²) in [6.07, 6.45) is 0. The third-order valence-corrected chi connectivity index (χ3v) is 7.01. The quantitative estimate of drug-likeness (QED) is 0.548. The van der Waals surface area contributed by atoms with Gasteiger partial charge in [-0.3, -0.25) is 0 Å². The van der Waals surface area contributed by atoms with Crippen LogP contribution in [-0.4, -0.2) is 30.8 Å². The lowest BCUT2D eigenvalue weighted by molar-refractivity contribution is 0.445. The van der Waals surface area contributed by atoms with Gasteiger partial charge in [-0.05, 0) is 35.9 Å². The van der Waals surface area contributed by atoms with E-state index in [9.17, 15) is 13.7 Å². The summed E-state index contributed by atoms with van der Waals surface area (Å²) in [6, 6.07) is 15.6. The molecule has 1 heterocycles. The number of rotatable bonds is 8. The summed E-state index contributed by atoms with van der Waals surface area (Å²) in [5.41, 5.74) is 1.53. The van der Waals surface area contributed by atoms with Crippen LogP contribution in [0.25, 0.3) is 11.5 Å². The molecule has 156 valence electrons. The van der Waals surface area contributed by atoms with Crippen molar-refractivity contribution in [2.75, 3.05) is 18.4 Å². The van der Waals surface area contributed by atoms with Crippen molar-refractivity contribution in [1.82, 2.24) is 9.29 Å². The van der Waals surface area contributed by atoms with E-state index in [1.165, 1.54) is 16.4 Å². The van der Waals surface area contributed by atoms with E-state index in [-0.39, 0.29) is 22.4 Å². The highest BCUT2D eigenvalue weighted by Crippen LogP contribution is 2.28. The topological polar surface area (TPSA) is 99.2 Å². The molecule has 0 fully saturated rings. The van der Waals surface area contributed by atoms with Crippen LogP contribution < -0.4 is 5.32 Å². The molecule has 0 atom stereocenters. The summed E-state index contributed by atoms with van der Waals surface area (Å²) >= 11 is 6.16. The molecule has 0 radical (unpaired) electrons. The number of anilines is 1. The maximum absolute atomic E-state index is 12.6. The lowest BCUT2D eigenvalue weighted by Crippen LogP contribution is -2.30. The standard InChI is InChI=1S/C21H21ClN4O3S/c1-3-26(4-2)30(27,28)17-11-9-15(10-12-17)20-25-19(13-23)21(29-20)24-14-16-7-5-6-8-18(16)22/h5-12,24H,3-4,14H2,1-2H3. The predicted octanol–water partition coefficient (Wildman–Crippen LogP) is 4.51. The number of aromatic nitrogens is 1. The van der Waals surface area contributed by atoms with Gasteiger partial charge in [-0.2, -0.15) is 14.6 Å². The van der Waals surface area contributed by atoms with E-state index in [1.807, 2.05) is 24.3 Å². The number of sulfonamides is 1. The first-order valence-corrected chi connectivity index (χ1v) is 11.2. The fourth-order valence-corrected chi connectivity index (χ4v) is 4.60. The highest BCUT2D eigenvalue weighted by atomic mass is 35.5.